The molecule has 1 rings (SSSR count). The SMILES string of the molecule is CC(C)C[C@H](NC(=O)[C@H](Cc1ccc(O)cc1)NC(=O)[C@H](CCCNC(=N)N)NC(=O)[C@H](CO)NC(=O)[C@H](C)NC(=O)[C@H](C)N)C(=O)N[C@@H](CC(=O)O)C(=O)N[C@@H](CCCCN)C(=O)N[C@H](C(=O)N[C@@H](CCC(=O)O)C(=O)O)[C@@H](C)O. The van der Waals surface area contributed by atoms with E-state index in [1.807, 2.05) is 0 Å². The molecule has 11 atom stereocenters. The Labute approximate surface area is 466 Å². The number of carbonyl (C=O) groups excluding carboxylic acids is 9. The molecule has 0 heterocycles. The number of aliphatic carboxylic acids is 3. The molecule has 0 aromatic heterocycles. The second-order valence-corrected chi connectivity index (χ2v) is 19.5. The van der Waals surface area contributed by atoms with Crippen LogP contribution in [0, 0.1) is 11.3 Å². The molecule has 0 bridgehead atoms. The summed E-state index contributed by atoms with van der Waals surface area (Å²) < 4.78 is 0. The Kier molecular flexibility index (Phi) is 31.6. The van der Waals surface area contributed by atoms with Crippen molar-refractivity contribution in [1.29, 1.82) is 5.41 Å². The standard InChI is InChI=1S/C49H80N14O18/c1-23(2)19-32(43(75)61-34(21-37(69)70)45(77)56-29(9-6-7-17-50)42(74)63-38(26(5)65)47(79)58-31(48(80)81)15-16-36(67)68)59-44(76)33(20-27-11-13-28(66)14-12-27)60-41(73)30(10-8-18-54-49(52)53)57-46(78)35(22-64)62-40(72)25(4)55-39(71)24(3)51/h11-14,23-26,29-35,38,64-66H,6-10,15-22,50-51H2,1-5H3,(H,55,71)(H,56,77)(H,57,78)(H,58,79)(H,59,76)(H,60,73)(H,61,75)(H,62,72)(H,63,74)(H,67,68)(H,69,70)(H,80,81)(H4,52,53,54)/t24-,25-,26+,29-,30-,31-,32-,33-,34-,35-,38-/m0/s1. The molecule has 23 N–H and O–H groups in total. The molecule has 0 aliphatic heterocycles. The minimum atomic E-state index is -1.97. The van der Waals surface area contributed by atoms with Gasteiger partial charge in [0.2, 0.25) is 53.2 Å². The highest BCUT2D eigenvalue weighted by Gasteiger charge is 2.37. The largest absolute Gasteiger partial charge is 0.508 e. The van der Waals surface area contributed by atoms with Crippen LogP contribution in [-0.4, -0.2) is 194 Å². The zero-order valence-electron chi connectivity index (χ0n) is 45.7. The molecule has 0 saturated heterocycles. The zero-order valence-corrected chi connectivity index (χ0v) is 45.7. The summed E-state index contributed by atoms with van der Waals surface area (Å²) in [5, 5.41) is 90.0. The minimum absolute atomic E-state index is 0.00983. The molecular weight excluding hydrogens is 1070 g/mol. The molecular formula is C49H80N14O18. The molecule has 0 aliphatic rings. The Balaban J connectivity index is 3.64. The van der Waals surface area contributed by atoms with Crippen molar-refractivity contribution in [2.75, 3.05) is 19.7 Å². The van der Waals surface area contributed by atoms with E-state index in [0.29, 0.717) is 12.0 Å². The molecule has 0 saturated carbocycles. The fraction of sp³-hybridized carbons (Fsp3) is 0.612. The first-order valence-electron chi connectivity index (χ1n) is 25.9. The van der Waals surface area contributed by atoms with E-state index in [-0.39, 0.29) is 57.4 Å². The number of benzene rings is 1. The Bertz CT molecular complexity index is 2340. The van der Waals surface area contributed by atoms with Gasteiger partial charge < -0.3 is 101 Å². The first kappa shape index (κ1) is 70.8. The highest BCUT2D eigenvalue weighted by Crippen LogP contribution is 2.14. The van der Waals surface area contributed by atoms with Crippen molar-refractivity contribution in [2.45, 2.75) is 165 Å². The maximum absolute atomic E-state index is 14.4. The summed E-state index contributed by atoms with van der Waals surface area (Å²) in [5.74, 6) is -15.1. The van der Waals surface area contributed by atoms with Gasteiger partial charge in [-0.05, 0) is 95.9 Å². The van der Waals surface area contributed by atoms with Crippen LogP contribution in [0.25, 0.3) is 0 Å². The van der Waals surface area contributed by atoms with Crippen molar-refractivity contribution in [2.24, 2.45) is 23.1 Å². The lowest BCUT2D eigenvalue weighted by molar-refractivity contribution is -0.144. The summed E-state index contributed by atoms with van der Waals surface area (Å²) in [6, 6.07) is -10.4. The first-order valence-corrected chi connectivity index (χ1v) is 25.9. The lowest BCUT2D eigenvalue weighted by Crippen LogP contribution is -2.61. The average molecular weight is 1150 g/mol. The molecule has 0 unspecified atom stereocenters. The van der Waals surface area contributed by atoms with Crippen LogP contribution in [0.2, 0.25) is 0 Å². The number of aliphatic hydroxyl groups excluding tert-OH is 2. The van der Waals surface area contributed by atoms with Crippen molar-refractivity contribution in [3.05, 3.63) is 29.8 Å². The van der Waals surface area contributed by atoms with Crippen LogP contribution >= 0.6 is 0 Å². The van der Waals surface area contributed by atoms with E-state index in [0.717, 1.165) is 6.92 Å². The number of phenolic OH excluding ortho intramolecular Hbond substituents is 1. The Morgan fingerprint density at radius 2 is 1.04 bits per heavy atom. The first-order chi connectivity index (χ1) is 37.9. The number of guanidine groups is 1. The lowest BCUT2D eigenvalue weighted by Gasteiger charge is -2.28. The smallest absolute Gasteiger partial charge is 0.326 e. The summed E-state index contributed by atoms with van der Waals surface area (Å²) in [5.41, 5.74) is 16.9. The van der Waals surface area contributed by atoms with Gasteiger partial charge in [-0.15, -0.1) is 0 Å². The number of nitrogens with two attached hydrogens (primary N) is 3. The molecule has 0 spiro atoms. The summed E-state index contributed by atoms with van der Waals surface area (Å²) in [6.07, 6.45) is -4.44. The second-order valence-electron chi connectivity index (χ2n) is 19.5. The van der Waals surface area contributed by atoms with Gasteiger partial charge in [0.05, 0.1) is 25.2 Å². The topological polar surface area (TPSA) is 548 Å². The predicted molar refractivity (Wildman–Crippen MR) is 286 cm³/mol. The van der Waals surface area contributed by atoms with Gasteiger partial charge >= 0.3 is 17.9 Å². The minimum Gasteiger partial charge on any atom is -0.508 e. The Morgan fingerprint density at radius 1 is 0.556 bits per heavy atom. The predicted octanol–water partition coefficient (Wildman–Crippen LogP) is -6.10. The Hall–Kier alpha value is -8.23. The lowest BCUT2D eigenvalue weighted by atomic mass is 10.00. The summed E-state index contributed by atoms with van der Waals surface area (Å²) in [6.45, 7) is 6.17. The zero-order chi connectivity index (χ0) is 61.7. The summed E-state index contributed by atoms with van der Waals surface area (Å²) in [4.78, 5) is 157. The molecule has 32 heteroatoms. The number of aliphatic hydroxyl groups is 2. The molecule has 454 valence electrons. The highest BCUT2D eigenvalue weighted by atomic mass is 16.4. The average Bonchev–Trinajstić information content (AvgIpc) is 3.37. The fourth-order valence-electron chi connectivity index (χ4n) is 7.43. The third kappa shape index (κ3) is 27.5. The van der Waals surface area contributed by atoms with E-state index >= 15 is 0 Å². The van der Waals surface area contributed by atoms with Crippen molar-refractivity contribution in [3.8, 4) is 5.75 Å². The van der Waals surface area contributed by atoms with Crippen LogP contribution in [-0.2, 0) is 64.0 Å². The number of unbranched alkanes of at least 4 members (excludes halogenated alkanes) is 1. The third-order valence-corrected chi connectivity index (χ3v) is 11.9. The maximum atomic E-state index is 14.4. The molecule has 0 radical (unpaired) electrons. The summed E-state index contributed by atoms with van der Waals surface area (Å²) >= 11 is 0. The monoisotopic (exact) mass is 1150 g/mol. The molecule has 81 heavy (non-hydrogen) atoms. The van der Waals surface area contributed by atoms with Crippen molar-refractivity contribution in [3.63, 3.8) is 0 Å². The molecule has 1 aromatic carbocycles. The molecule has 1 aromatic rings. The van der Waals surface area contributed by atoms with Gasteiger partial charge in [0, 0.05) is 19.4 Å². The van der Waals surface area contributed by atoms with E-state index in [2.05, 4.69) is 53.2 Å². The maximum Gasteiger partial charge on any atom is 0.326 e. The normalized spacial score (nSPS) is 15.1. The fourth-order valence-corrected chi connectivity index (χ4v) is 7.43. The van der Waals surface area contributed by atoms with E-state index < -0.39 is 175 Å². The van der Waals surface area contributed by atoms with Crippen molar-refractivity contribution < 1.29 is 88.2 Å². The number of hydrogen-bond acceptors (Lipinski definition) is 18. The molecule has 0 fully saturated rings. The van der Waals surface area contributed by atoms with Crippen LogP contribution in [0.1, 0.15) is 98.0 Å². The van der Waals surface area contributed by atoms with Crippen LogP contribution < -0.4 is 70.4 Å². The quantitative estimate of drug-likeness (QED) is 0.0166. The van der Waals surface area contributed by atoms with Gasteiger partial charge in [-0.25, -0.2) is 4.79 Å². The van der Waals surface area contributed by atoms with E-state index in [1.165, 1.54) is 38.1 Å². The number of carboxylic acids is 3. The van der Waals surface area contributed by atoms with Crippen LogP contribution in [0.15, 0.2) is 24.3 Å². The van der Waals surface area contributed by atoms with Crippen molar-refractivity contribution in [1.82, 2.24) is 53.2 Å². The number of carboxylic acid groups (broad SMARTS) is 3. The second kappa shape index (κ2) is 36.1. The van der Waals surface area contributed by atoms with Crippen LogP contribution in [0.4, 0.5) is 0 Å². The number of phenols is 1. The van der Waals surface area contributed by atoms with E-state index in [1.54, 1.807) is 13.8 Å². The van der Waals surface area contributed by atoms with Gasteiger partial charge in [-0.3, -0.25) is 58.1 Å². The molecule has 32 nitrogen and oxygen atoms in total. The molecule has 9 amide bonds. The van der Waals surface area contributed by atoms with Crippen LogP contribution in [0.5, 0.6) is 5.75 Å². The number of aromatic hydroxyl groups is 1. The van der Waals surface area contributed by atoms with E-state index in [9.17, 15) is 83.1 Å². The Morgan fingerprint density at radius 3 is 1.54 bits per heavy atom. The number of amides is 9. The van der Waals surface area contributed by atoms with Gasteiger partial charge in [0.25, 0.3) is 0 Å². The number of hydrogen-bond donors (Lipinski definition) is 20. The van der Waals surface area contributed by atoms with Gasteiger partial charge in [-0.2, -0.15) is 0 Å². The van der Waals surface area contributed by atoms with Gasteiger partial charge in [-0.1, -0.05) is 26.0 Å². The highest BCUT2D eigenvalue weighted by molar-refractivity contribution is 5.99. The van der Waals surface area contributed by atoms with Crippen LogP contribution in [0.3, 0.4) is 0 Å². The van der Waals surface area contributed by atoms with E-state index in [4.69, 9.17) is 27.7 Å². The number of carbonyl (C=O) groups is 12. The van der Waals surface area contributed by atoms with Gasteiger partial charge in [0.1, 0.15) is 60.1 Å². The number of nitrogens with one attached hydrogen (secondary N) is 11. The van der Waals surface area contributed by atoms with Crippen molar-refractivity contribution >= 4 is 77.0 Å². The summed E-state index contributed by atoms with van der Waals surface area (Å²) in [7, 11) is 0. The van der Waals surface area contributed by atoms with Gasteiger partial charge in [0.15, 0.2) is 5.96 Å². The number of rotatable bonds is 38. The third-order valence-electron chi connectivity index (χ3n) is 11.9. The molecule has 0 aliphatic carbocycles.